The molecule has 1 saturated heterocycles. The van der Waals surface area contributed by atoms with E-state index in [0.29, 0.717) is 11.1 Å². The Balaban J connectivity index is 1.60. The molecule has 5 nitrogen and oxygen atoms in total. The molecule has 6 heteroatoms. The van der Waals surface area contributed by atoms with Crippen molar-refractivity contribution in [2.75, 3.05) is 18.1 Å². The highest BCUT2D eigenvalue weighted by Gasteiger charge is 2.28. The number of nitrogens with zero attached hydrogens (tertiary/aromatic N) is 4. The van der Waals surface area contributed by atoms with Crippen LogP contribution in [0.1, 0.15) is 43.0 Å². The Bertz CT molecular complexity index is 687. The number of hydrogen-bond donors (Lipinski definition) is 0. The summed E-state index contributed by atoms with van der Waals surface area (Å²) < 4.78 is 5.83. The lowest BCUT2D eigenvalue weighted by Gasteiger charge is -2.27. The van der Waals surface area contributed by atoms with Gasteiger partial charge in [-0.1, -0.05) is 17.7 Å². The van der Waals surface area contributed by atoms with Crippen molar-refractivity contribution < 1.29 is 4.74 Å². The van der Waals surface area contributed by atoms with Gasteiger partial charge >= 0.3 is 0 Å². The Kier molecular flexibility index (Phi) is 4.63. The molecule has 126 valence electrons. The van der Waals surface area contributed by atoms with Crippen molar-refractivity contribution in [1.29, 1.82) is 0 Å². The fraction of sp³-hybridized carbons (Fsp3) is 0.500. The van der Waals surface area contributed by atoms with E-state index in [2.05, 4.69) is 20.9 Å². The highest BCUT2D eigenvalue weighted by molar-refractivity contribution is 6.29. The topological polar surface area (TPSA) is 51.1 Å². The van der Waals surface area contributed by atoms with Gasteiger partial charge in [0.15, 0.2) is 0 Å². The third-order valence-electron chi connectivity index (χ3n) is 4.51. The first kappa shape index (κ1) is 15.8. The van der Waals surface area contributed by atoms with Gasteiger partial charge in [-0.3, -0.25) is 4.98 Å². The van der Waals surface area contributed by atoms with E-state index in [9.17, 15) is 0 Å². The minimum Gasteiger partial charge on any atom is -0.376 e. The average Bonchev–Trinajstić information content (AvgIpc) is 3.32. The normalized spacial score (nSPS) is 20.3. The minimum absolute atomic E-state index is 0.250. The molecule has 1 aliphatic heterocycles. The first-order valence-electron chi connectivity index (χ1n) is 8.58. The van der Waals surface area contributed by atoms with E-state index in [1.54, 1.807) is 6.20 Å². The van der Waals surface area contributed by atoms with Crippen molar-refractivity contribution in [1.82, 2.24) is 15.0 Å². The van der Waals surface area contributed by atoms with E-state index in [4.69, 9.17) is 21.3 Å². The summed E-state index contributed by atoms with van der Waals surface area (Å²) in [6.45, 7) is 2.40. The molecule has 0 amide bonds. The van der Waals surface area contributed by atoms with Crippen molar-refractivity contribution in [3.8, 4) is 0 Å². The van der Waals surface area contributed by atoms with E-state index in [1.165, 1.54) is 0 Å². The van der Waals surface area contributed by atoms with Gasteiger partial charge in [0.2, 0.25) is 0 Å². The second-order valence-corrected chi connectivity index (χ2v) is 6.95. The molecule has 4 rings (SSSR count). The van der Waals surface area contributed by atoms with Gasteiger partial charge in [-0.15, -0.1) is 0 Å². The molecule has 2 aromatic rings. The highest BCUT2D eigenvalue weighted by Crippen LogP contribution is 2.39. The van der Waals surface area contributed by atoms with Crippen LogP contribution in [0.4, 0.5) is 5.82 Å². The zero-order chi connectivity index (χ0) is 16.4. The molecule has 1 unspecified atom stereocenters. The van der Waals surface area contributed by atoms with Gasteiger partial charge < -0.3 is 9.64 Å². The van der Waals surface area contributed by atoms with Gasteiger partial charge in [-0.2, -0.15) is 0 Å². The third kappa shape index (κ3) is 3.84. The summed E-state index contributed by atoms with van der Waals surface area (Å²) in [7, 11) is 0. The number of halogens is 1. The Morgan fingerprint density at radius 2 is 2.17 bits per heavy atom. The molecular weight excluding hydrogens is 324 g/mol. The largest absolute Gasteiger partial charge is 0.376 e. The monoisotopic (exact) mass is 344 g/mol. The van der Waals surface area contributed by atoms with E-state index in [0.717, 1.165) is 62.6 Å². The number of aromatic nitrogens is 3. The fourth-order valence-electron chi connectivity index (χ4n) is 3.09. The summed E-state index contributed by atoms with van der Waals surface area (Å²) in [4.78, 5) is 15.7. The first-order chi connectivity index (χ1) is 11.8. The summed E-state index contributed by atoms with van der Waals surface area (Å²) >= 11 is 6.26. The number of hydrogen-bond acceptors (Lipinski definition) is 5. The number of rotatable bonds is 6. The Hall–Kier alpha value is -1.72. The number of pyridine rings is 1. The van der Waals surface area contributed by atoms with Crippen LogP contribution in [0.5, 0.6) is 0 Å². The number of ether oxygens (including phenoxy) is 1. The molecule has 2 aromatic heterocycles. The van der Waals surface area contributed by atoms with Crippen LogP contribution in [0.25, 0.3) is 0 Å². The van der Waals surface area contributed by atoms with Crippen LogP contribution >= 0.6 is 11.6 Å². The van der Waals surface area contributed by atoms with Crippen molar-refractivity contribution in [2.45, 2.75) is 44.2 Å². The summed E-state index contributed by atoms with van der Waals surface area (Å²) in [5.74, 6) is 2.24. The van der Waals surface area contributed by atoms with Gasteiger partial charge in [0, 0.05) is 44.1 Å². The van der Waals surface area contributed by atoms with E-state index >= 15 is 0 Å². The van der Waals surface area contributed by atoms with Crippen LogP contribution in [0.2, 0.25) is 5.15 Å². The van der Waals surface area contributed by atoms with Crippen LogP contribution in [0, 0.1) is 0 Å². The molecule has 3 heterocycles. The molecule has 0 radical (unpaired) electrons. The lowest BCUT2D eigenvalue weighted by Crippen LogP contribution is -2.32. The van der Waals surface area contributed by atoms with Gasteiger partial charge in [-0.05, 0) is 37.3 Å². The molecule has 1 saturated carbocycles. The molecule has 0 aromatic carbocycles. The summed E-state index contributed by atoms with van der Waals surface area (Å²) in [6, 6.07) is 5.90. The predicted octanol–water partition coefficient (Wildman–Crippen LogP) is 3.59. The standard InChI is InChI=1S/C18H21ClN4O/c19-16-9-17(22-18(21-16)14-5-6-14)23(12-15-4-2-8-24-15)11-13-3-1-7-20-10-13/h1,3,7,9-10,14-15H,2,4-6,8,11-12H2. The maximum Gasteiger partial charge on any atom is 0.135 e. The SMILES string of the molecule is Clc1cc(N(Cc2cccnc2)CC2CCCO2)nc(C2CC2)n1. The lowest BCUT2D eigenvalue weighted by molar-refractivity contribution is 0.115. The summed E-state index contributed by atoms with van der Waals surface area (Å²) in [6.07, 6.45) is 8.48. The second kappa shape index (κ2) is 7.03. The van der Waals surface area contributed by atoms with Crippen molar-refractivity contribution >= 4 is 17.4 Å². The zero-order valence-electron chi connectivity index (χ0n) is 13.6. The van der Waals surface area contributed by atoms with Crippen molar-refractivity contribution in [2.24, 2.45) is 0 Å². The van der Waals surface area contributed by atoms with Gasteiger partial charge in [0.25, 0.3) is 0 Å². The molecule has 0 bridgehead atoms. The maximum absolute atomic E-state index is 6.26. The molecule has 1 aliphatic carbocycles. The van der Waals surface area contributed by atoms with Crippen LogP contribution in [0.15, 0.2) is 30.6 Å². The van der Waals surface area contributed by atoms with Crippen LogP contribution in [-0.4, -0.2) is 34.2 Å². The Labute approximate surface area is 147 Å². The molecule has 0 N–H and O–H groups in total. The van der Waals surface area contributed by atoms with Gasteiger partial charge in [0.1, 0.15) is 16.8 Å². The third-order valence-corrected chi connectivity index (χ3v) is 4.70. The van der Waals surface area contributed by atoms with Gasteiger partial charge in [-0.25, -0.2) is 9.97 Å². The average molecular weight is 345 g/mol. The van der Waals surface area contributed by atoms with Crippen LogP contribution in [0.3, 0.4) is 0 Å². The maximum atomic E-state index is 6.26. The first-order valence-corrected chi connectivity index (χ1v) is 8.95. The predicted molar refractivity (Wildman–Crippen MR) is 93.3 cm³/mol. The second-order valence-electron chi connectivity index (χ2n) is 6.56. The molecule has 2 aliphatic rings. The summed E-state index contributed by atoms with van der Waals surface area (Å²) in [5, 5.41) is 0.519. The summed E-state index contributed by atoms with van der Waals surface area (Å²) in [5.41, 5.74) is 1.15. The van der Waals surface area contributed by atoms with E-state index < -0.39 is 0 Å². The Morgan fingerprint density at radius 1 is 1.25 bits per heavy atom. The number of anilines is 1. The Morgan fingerprint density at radius 3 is 2.88 bits per heavy atom. The molecule has 0 spiro atoms. The lowest BCUT2D eigenvalue weighted by atomic mass is 10.2. The quantitative estimate of drug-likeness (QED) is 0.749. The van der Waals surface area contributed by atoms with E-state index in [1.807, 2.05) is 18.3 Å². The van der Waals surface area contributed by atoms with Crippen LogP contribution in [-0.2, 0) is 11.3 Å². The fourth-order valence-corrected chi connectivity index (χ4v) is 3.28. The molecule has 24 heavy (non-hydrogen) atoms. The molecule has 2 fully saturated rings. The minimum atomic E-state index is 0.250. The van der Waals surface area contributed by atoms with Crippen molar-refractivity contribution in [3.05, 3.63) is 47.1 Å². The highest BCUT2D eigenvalue weighted by atomic mass is 35.5. The zero-order valence-corrected chi connectivity index (χ0v) is 14.3. The van der Waals surface area contributed by atoms with E-state index in [-0.39, 0.29) is 6.10 Å². The smallest absolute Gasteiger partial charge is 0.135 e. The van der Waals surface area contributed by atoms with Crippen molar-refractivity contribution in [3.63, 3.8) is 0 Å². The van der Waals surface area contributed by atoms with Crippen LogP contribution < -0.4 is 4.90 Å². The molecule has 1 atom stereocenters. The molecular formula is C18H21ClN4O. The van der Waals surface area contributed by atoms with Gasteiger partial charge in [0.05, 0.1) is 6.10 Å².